The minimum Gasteiger partial charge on any atom is -0.494 e. The largest absolute Gasteiger partial charge is 0.494 e. The summed E-state index contributed by atoms with van der Waals surface area (Å²) in [5, 5.41) is 9.52. The Morgan fingerprint density at radius 1 is 1.17 bits per heavy atom. The van der Waals surface area contributed by atoms with Crippen molar-refractivity contribution < 1.29 is 19.0 Å². The molecular weight excluding hydrogens is 369 g/mol. The lowest BCUT2D eigenvalue weighted by atomic mass is 9.82. The summed E-state index contributed by atoms with van der Waals surface area (Å²) in [6, 6.07) is 11.8. The number of ether oxygens (including phenoxy) is 2. The van der Waals surface area contributed by atoms with Crippen LogP contribution in [0.3, 0.4) is 0 Å². The molecule has 1 saturated carbocycles. The van der Waals surface area contributed by atoms with Gasteiger partial charge in [-0.2, -0.15) is 4.39 Å². The molecule has 1 fully saturated rings. The van der Waals surface area contributed by atoms with Crippen molar-refractivity contribution in [1.82, 2.24) is 0 Å². The summed E-state index contributed by atoms with van der Waals surface area (Å²) in [7, 11) is 1.46. The molecule has 0 heterocycles. The van der Waals surface area contributed by atoms with Crippen molar-refractivity contribution >= 4 is 0 Å². The van der Waals surface area contributed by atoms with Crippen LogP contribution in [-0.2, 0) is 12.8 Å². The summed E-state index contributed by atoms with van der Waals surface area (Å²) in [6.45, 7) is 0.560. The number of hydrogen-bond acceptors (Lipinski definition) is 4. The summed E-state index contributed by atoms with van der Waals surface area (Å²) < 4.78 is 25.1. The molecule has 2 aliphatic carbocycles. The number of aryl methyl sites for hydroxylation is 1. The number of fused-ring (bicyclic) bond motifs is 1. The van der Waals surface area contributed by atoms with E-state index in [2.05, 4.69) is 18.2 Å². The lowest BCUT2D eigenvalue weighted by Gasteiger charge is -2.26. The molecule has 2 aromatic rings. The summed E-state index contributed by atoms with van der Waals surface area (Å²) in [4.78, 5) is 0. The monoisotopic (exact) mass is 399 g/mol. The fraction of sp³-hybridized carbons (Fsp3) is 0.500. The molecule has 4 rings (SSSR count). The third-order valence-corrected chi connectivity index (χ3v) is 6.61. The Kier molecular flexibility index (Phi) is 5.79. The van der Waals surface area contributed by atoms with E-state index in [-0.39, 0.29) is 18.1 Å². The molecule has 0 aromatic heterocycles. The van der Waals surface area contributed by atoms with Crippen LogP contribution in [-0.4, -0.2) is 31.0 Å². The second-order valence-electron chi connectivity index (χ2n) is 8.68. The maximum absolute atomic E-state index is 14.3. The van der Waals surface area contributed by atoms with Gasteiger partial charge in [-0.1, -0.05) is 24.3 Å². The fourth-order valence-electron chi connectivity index (χ4n) is 4.80. The number of rotatable bonds is 6. The van der Waals surface area contributed by atoms with Gasteiger partial charge in [0.25, 0.3) is 0 Å². The van der Waals surface area contributed by atoms with Gasteiger partial charge in [-0.3, -0.25) is 0 Å². The van der Waals surface area contributed by atoms with E-state index in [0.29, 0.717) is 18.4 Å². The minimum atomic E-state index is -0.439. The number of hydrogen-bond donors (Lipinski definition) is 2. The van der Waals surface area contributed by atoms with E-state index < -0.39 is 11.4 Å². The molecular formula is C24H30FNO3. The van der Waals surface area contributed by atoms with Crippen LogP contribution in [0.5, 0.6) is 11.5 Å². The lowest BCUT2D eigenvalue weighted by molar-refractivity contribution is 0.198. The molecule has 2 aromatic carbocycles. The molecule has 0 bridgehead atoms. The van der Waals surface area contributed by atoms with E-state index >= 15 is 0 Å². The summed E-state index contributed by atoms with van der Waals surface area (Å²) in [6.07, 6.45) is 5.76. The van der Waals surface area contributed by atoms with Gasteiger partial charge in [0.2, 0.25) is 5.82 Å². The first kappa shape index (κ1) is 20.2. The zero-order chi connectivity index (χ0) is 20.4. The number of halogens is 1. The molecule has 5 heteroatoms. The quantitative estimate of drug-likeness (QED) is 0.771. The van der Waals surface area contributed by atoms with Gasteiger partial charge in [-0.25, -0.2) is 0 Å². The van der Waals surface area contributed by atoms with Gasteiger partial charge in [0, 0.05) is 5.54 Å². The Labute approximate surface area is 171 Å². The lowest BCUT2D eigenvalue weighted by Crippen LogP contribution is -2.40. The normalized spacial score (nSPS) is 26.2. The predicted octanol–water partition coefficient (Wildman–Crippen LogP) is 3.98. The number of benzene rings is 2. The highest BCUT2D eigenvalue weighted by atomic mass is 19.1. The van der Waals surface area contributed by atoms with E-state index in [9.17, 15) is 9.50 Å². The van der Waals surface area contributed by atoms with E-state index in [4.69, 9.17) is 15.2 Å². The molecule has 0 saturated heterocycles. The van der Waals surface area contributed by atoms with Crippen LogP contribution in [0.4, 0.5) is 4.39 Å². The van der Waals surface area contributed by atoms with Gasteiger partial charge in [0.1, 0.15) is 0 Å². The summed E-state index contributed by atoms with van der Waals surface area (Å²) in [5.74, 6) is 0.830. The van der Waals surface area contributed by atoms with Crippen molar-refractivity contribution in [1.29, 1.82) is 0 Å². The second kappa shape index (κ2) is 8.33. The first-order chi connectivity index (χ1) is 14.0. The average Bonchev–Trinajstić information content (AvgIpc) is 3.15. The van der Waals surface area contributed by atoms with E-state index in [1.54, 1.807) is 18.2 Å². The predicted molar refractivity (Wildman–Crippen MR) is 111 cm³/mol. The molecule has 3 N–H and O–H groups in total. The Morgan fingerprint density at radius 2 is 2.00 bits per heavy atom. The molecule has 29 heavy (non-hydrogen) atoms. The van der Waals surface area contributed by atoms with Crippen molar-refractivity contribution in [2.75, 3.05) is 20.3 Å². The van der Waals surface area contributed by atoms with Crippen LogP contribution in [0.1, 0.15) is 48.3 Å². The van der Waals surface area contributed by atoms with Crippen LogP contribution in [0.25, 0.3) is 0 Å². The maximum Gasteiger partial charge on any atom is 0.206 e. The number of aliphatic hydroxyl groups is 1. The smallest absolute Gasteiger partial charge is 0.206 e. The first-order valence-electron chi connectivity index (χ1n) is 10.5. The summed E-state index contributed by atoms with van der Waals surface area (Å²) in [5.41, 5.74) is 9.95. The average molecular weight is 400 g/mol. The highest BCUT2D eigenvalue weighted by Crippen LogP contribution is 2.40. The molecule has 2 aliphatic rings. The zero-order valence-corrected chi connectivity index (χ0v) is 17.0. The minimum absolute atomic E-state index is 0.0595. The molecule has 0 amide bonds. The van der Waals surface area contributed by atoms with Crippen molar-refractivity contribution in [2.24, 2.45) is 11.7 Å². The summed E-state index contributed by atoms with van der Waals surface area (Å²) >= 11 is 0. The second-order valence-corrected chi connectivity index (χ2v) is 8.68. The third-order valence-electron chi connectivity index (χ3n) is 6.61. The Hall–Kier alpha value is -2.11. The molecule has 3 atom stereocenters. The number of aliphatic hydroxyl groups excluding tert-OH is 1. The highest BCUT2D eigenvalue weighted by molar-refractivity contribution is 5.37. The van der Waals surface area contributed by atoms with Crippen LogP contribution in [0.15, 0.2) is 36.4 Å². The van der Waals surface area contributed by atoms with Gasteiger partial charge >= 0.3 is 0 Å². The van der Waals surface area contributed by atoms with Crippen LogP contribution >= 0.6 is 0 Å². The maximum atomic E-state index is 14.3. The molecule has 0 aliphatic heterocycles. The zero-order valence-electron chi connectivity index (χ0n) is 17.0. The molecule has 0 radical (unpaired) electrons. The van der Waals surface area contributed by atoms with Gasteiger partial charge in [-0.05, 0) is 79.2 Å². The van der Waals surface area contributed by atoms with E-state index in [0.717, 1.165) is 38.5 Å². The van der Waals surface area contributed by atoms with Crippen molar-refractivity contribution in [2.45, 2.75) is 50.0 Å². The third kappa shape index (κ3) is 4.26. The van der Waals surface area contributed by atoms with Crippen LogP contribution in [0, 0.1) is 11.7 Å². The van der Waals surface area contributed by atoms with Gasteiger partial charge in [0.15, 0.2) is 11.5 Å². The standard InChI is InChI=1S/C24H30FNO3/c1-28-21-3-2-4-22(23(21)25)29-14-16-5-6-18-12-19(8-7-17(18)11-16)20-9-10-24(26,13-20)15-27/h2-4,7-8,12,16,20,27H,5-6,9-11,13-15,26H2,1H3/t16-,20+,24-/m1/s1. The van der Waals surface area contributed by atoms with Gasteiger partial charge in [0.05, 0.1) is 20.3 Å². The van der Waals surface area contributed by atoms with Crippen molar-refractivity contribution in [3.63, 3.8) is 0 Å². The molecule has 0 unspecified atom stereocenters. The van der Waals surface area contributed by atoms with Crippen LogP contribution in [0.2, 0.25) is 0 Å². The topological polar surface area (TPSA) is 64.7 Å². The van der Waals surface area contributed by atoms with Gasteiger partial charge < -0.3 is 20.3 Å². The first-order valence-corrected chi connectivity index (χ1v) is 10.5. The van der Waals surface area contributed by atoms with E-state index in [1.807, 2.05) is 0 Å². The van der Waals surface area contributed by atoms with Crippen molar-refractivity contribution in [3.05, 3.63) is 58.9 Å². The Morgan fingerprint density at radius 3 is 2.76 bits per heavy atom. The highest BCUT2D eigenvalue weighted by Gasteiger charge is 2.36. The van der Waals surface area contributed by atoms with Crippen molar-refractivity contribution in [3.8, 4) is 11.5 Å². The van der Waals surface area contributed by atoms with Gasteiger partial charge in [-0.15, -0.1) is 0 Å². The fourth-order valence-corrected chi connectivity index (χ4v) is 4.80. The SMILES string of the molecule is COc1cccc(OC[C@@H]2CCc3cc([C@H]4CC[C@](N)(CO)C4)ccc3C2)c1F. The molecule has 156 valence electrons. The Balaban J connectivity index is 1.38. The molecule has 4 nitrogen and oxygen atoms in total. The van der Waals surface area contributed by atoms with Crippen LogP contribution < -0.4 is 15.2 Å². The number of methoxy groups -OCH3 is 1. The number of nitrogens with two attached hydrogens (primary N) is 1. The molecule has 0 spiro atoms. The van der Waals surface area contributed by atoms with E-state index in [1.165, 1.54) is 23.8 Å². The Bertz CT molecular complexity index is 871.